The zero-order chi connectivity index (χ0) is 14.4. The van der Waals surface area contributed by atoms with Crippen molar-refractivity contribution in [3.63, 3.8) is 0 Å². The van der Waals surface area contributed by atoms with Crippen molar-refractivity contribution < 1.29 is 9.31 Å². The minimum atomic E-state index is -0.566. The molecule has 0 unspecified atom stereocenters. The molecule has 2 heterocycles. The molecule has 0 aromatic carbocycles. The number of aromatic nitrogens is 2. The van der Waals surface area contributed by atoms with Crippen LogP contribution in [0.5, 0.6) is 0 Å². The van der Waals surface area contributed by atoms with Crippen molar-refractivity contribution in [2.45, 2.75) is 38.9 Å². The van der Waals surface area contributed by atoms with Gasteiger partial charge in [0.05, 0.1) is 16.8 Å². The van der Waals surface area contributed by atoms with Gasteiger partial charge < -0.3 is 19.2 Å². The van der Waals surface area contributed by atoms with Gasteiger partial charge in [0.1, 0.15) is 0 Å². The van der Waals surface area contributed by atoms with Gasteiger partial charge in [-0.1, -0.05) is 0 Å². The van der Waals surface area contributed by atoms with Gasteiger partial charge in [0.2, 0.25) is 0 Å². The zero-order valence-electron chi connectivity index (χ0n) is 12.3. The fourth-order valence-corrected chi connectivity index (χ4v) is 1.87. The summed E-state index contributed by atoms with van der Waals surface area (Å²) in [5, 5.41) is 2.79. The standard InChI is InChI=1S/C12H20BN3O3/c1-11(2)12(3,4)19-13(18-11)8-7-16(6)10(17)9(14-5)15-8/h7H,1-6H3,(H,14,15). The van der Waals surface area contributed by atoms with E-state index in [0.717, 1.165) is 0 Å². The third-order valence-corrected chi connectivity index (χ3v) is 3.82. The molecule has 0 amide bonds. The van der Waals surface area contributed by atoms with E-state index in [1.807, 2.05) is 27.7 Å². The molecule has 1 aliphatic heterocycles. The lowest BCUT2D eigenvalue weighted by molar-refractivity contribution is 0.00578. The molecule has 19 heavy (non-hydrogen) atoms. The zero-order valence-corrected chi connectivity index (χ0v) is 12.3. The van der Waals surface area contributed by atoms with E-state index in [1.165, 1.54) is 4.57 Å². The molecule has 1 aromatic heterocycles. The summed E-state index contributed by atoms with van der Waals surface area (Å²) in [5.41, 5.74) is -0.435. The van der Waals surface area contributed by atoms with Gasteiger partial charge in [-0.15, -0.1) is 0 Å². The Bertz CT molecular complexity index is 538. The molecule has 0 spiro atoms. The van der Waals surface area contributed by atoms with E-state index >= 15 is 0 Å². The van der Waals surface area contributed by atoms with Crippen LogP contribution < -0.4 is 16.5 Å². The van der Waals surface area contributed by atoms with Crippen molar-refractivity contribution in [1.82, 2.24) is 9.55 Å². The molecule has 2 rings (SSSR count). The van der Waals surface area contributed by atoms with E-state index in [-0.39, 0.29) is 11.4 Å². The highest BCUT2D eigenvalue weighted by Crippen LogP contribution is 2.36. The highest BCUT2D eigenvalue weighted by Gasteiger charge is 2.52. The predicted octanol–water partition coefficient (Wildman–Crippen LogP) is 0.121. The summed E-state index contributed by atoms with van der Waals surface area (Å²) >= 11 is 0. The van der Waals surface area contributed by atoms with Crippen LogP contribution in [-0.2, 0) is 16.4 Å². The van der Waals surface area contributed by atoms with Crippen LogP contribution in [0, 0.1) is 0 Å². The lowest BCUT2D eigenvalue weighted by Crippen LogP contribution is -2.41. The maximum absolute atomic E-state index is 11.8. The summed E-state index contributed by atoms with van der Waals surface area (Å²) in [7, 11) is 2.78. The first-order valence-electron chi connectivity index (χ1n) is 6.29. The first kappa shape index (κ1) is 14.1. The summed E-state index contributed by atoms with van der Waals surface area (Å²) in [6.45, 7) is 7.92. The Hall–Kier alpha value is -1.34. The van der Waals surface area contributed by atoms with E-state index in [9.17, 15) is 4.79 Å². The molecule has 104 valence electrons. The normalized spacial score (nSPS) is 20.6. The van der Waals surface area contributed by atoms with Crippen LogP contribution in [0.1, 0.15) is 27.7 Å². The van der Waals surface area contributed by atoms with Crippen LogP contribution >= 0.6 is 0 Å². The van der Waals surface area contributed by atoms with Crippen molar-refractivity contribution in [2.75, 3.05) is 12.4 Å². The number of aryl methyl sites for hydroxylation is 1. The smallest absolute Gasteiger partial charge is 0.398 e. The molecule has 1 fully saturated rings. The summed E-state index contributed by atoms with van der Waals surface area (Å²) in [5.74, 6) is 0.287. The second kappa shape index (κ2) is 4.35. The van der Waals surface area contributed by atoms with Crippen LogP contribution in [0.15, 0.2) is 11.0 Å². The maximum Gasteiger partial charge on any atom is 0.516 e. The third-order valence-electron chi connectivity index (χ3n) is 3.82. The number of rotatable bonds is 2. The minimum Gasteiger partial charge on any atom is -0.398 e. The molecular formula is C12H20BN3O3. The summed E-state index contributed by atoms with van der Waals surface area (Å²) in [4.78, 5) is 16.0. The topological polar surface area (TPSA) is 65.4 Å². The Morgan fingerprint density at radius 2 is 1.79 bits per heavy atom. The SMILES string of the molecule is CNc1nc(B2OC(C)(C)C(C)(C)O2)cn(C)c1=O. The van der Waals surface area contributed by atoms with Crippen molar-refractivity contribution >= 4 is 18.5 Å². The van der Waals surface area contributed by atoms with Gasteiger partial charge in [0.25, 0.3) is 5.56 Å². The molecule has 0 aliphatic carbocycles. The maximum atomic E-state index is 11.8. The minimum absolute atomic E-state index is 0.178. The molecule has 0 radical (unpaired) electrons. The fraction of sp³-hybridized carbons (Fsp3) is 0.667. The third kappa shape index (κ3) is 2.28. The lowest BCUT2D eigenvalue weighted by Gasteiger charge is -2.32. The molecule has 0 bridgehead atoms. The molecular weight excluding hydrogens is 245 g/mol. The summed E-state index contributed by atoms with van der Waals surface area (Å²) in [6.07, 6.45) is 1.64. The van der Waals surface area contributed by atoms with E-state index in [2.05, 4.69) is 10.3 Å². The van der Waals surface area contributed by atoms with Crippen LogP contribution in [-0.4, -0.2) is 34.9 Å². The van der Waals surface area contributed by atoms with Gasteiger partial charge in [-0.3, -0.25) is 4.79 Å². The number of anilines is 1. The first-order valence-corrected chi connectivity index (χ1v) is 6.29. The van der Waals surface area contributed by atoms with Crippen molar-refractivity contribution in [1.29, 1.82) is 0 Å². The Balaban J connectivity index is 2.40. The van der Waals surface area contributed by atoms with Crippen molar-refractivity contribution in [3.05, 3.63) is 16.6 Å². The number of nitrogens with one attached hydrogen (secondary N) is 1. The second-order valence-corrected chi connectivity index (χ2v) is 5.77. The van der Waals surface area contributed by atoms with Gasteiger partial charge in [-0.25, -0.2) is 4.98 Å². The highest BCUT2D eigenvalue weighted by molar-refractivity contribution is 6.61. The predicted molar refractivity (Wildman–Crippen MR) is 74.7 cm³/mol. The number of hydrogen-bond donors (Lipinski definition) is 1. The second-order valence-electron chi connectivity index (χ2n) is 5.77. The van der Waals surface area contributed by atoms with E-state index in [4.69, 9.17) is 9.31 Å². The van der Waals surface area contributed by atoms with E-state index < -0.39 is 18.3 Å². The monoisotopic (exact) mass is 265 g/mol. The summed E-state index contributed by atoms with van der Waals surface area (Å²) in [6, 6.07) is 0. The molecule has 1 aliphatic rings. The molecule has 6 nitrogen and oxygen atoms in total. The van der Waals surface area contributed by atoms with Gasteiger partial charge in [0.15, 0.2) is 5.82 Å². The molecule has 0 atom stereocenters. The van der Waals surface area contributed by atoms with E-state index in [0.29, 0.717) is 5.59 Å². The fourth-order valence-electron chi connectivity index (χ4n) is 1.87. The molecule has 0 saturated carbocycles. The van der Waals surface area contributed by atoms with Crippen LogP contribution in [0.3, 0.4) is 0 Å². The van der Waals surface area contributed by atoms with Crippen LogP contribution in [0.25, 0.3) is 0 Å². The van der Waals surface area contributed by atoms with Gasteiger partial charge in [-0.05, 0) is 27.7 Å². The van der Waals surface area contributed by atoms with E-state index in [1.54, 1.807) is 20.3 Å². The quantitative estimate of drug-likeness (QED) is 0.769. The average Bonchev–Trinajstić information content (AvgIpc) is 2.52. The Morgan fingerprint density at radius 3 is 2.26 bits per heavy atom. The number of nitrogens with zero attached hydrogens (tertiary/aromatic N) is 2. The molecule has 1 saturated heterocycles. The van der Waals surface area contributed by atoms with Crippen molar-refractivity contribution in [2.24, 2.45) is 7.05 Å². The van der Waals surface area contributed by atoms with Gasteiger partial charge in [0, 0.05) is 20.3 Å². The molecule has 1 aromatic rings. The van der Waals surface area contributed by atoms with Gasteiger partial charge in [-0.2, -0.15) is 0 Å². The largest absolute Gasteiger partial charge is 0.516 e. The van der Waals surface area contributed by atoms with Crippen LogP contribution in [0.4, 0.5) is 5.82 Å². The average molecular weight is 265 g/mol. The molecule has 7 heteroatoms. The number of hydrogen-bond acceptors (Lipinski definition) is 5. The Morgan fingerprint density at radius 1 is 1.26 bits per heavy atom. The first-order chi connectivity index (χ1) is 8.68. The summed E-state index contributed by atoms with van der Waals surface area (Å²) < 4.78 is 13.3. The Kier molecular flexibility index (Phi) is 3.22. The Labute approximate surface area is 113 Å². The lowest BCUT2D eigenvalue weighted by atomic mass is 9.85. The van der Waals surface area contributed by atoms with Crippen molar-refractivity contribution in [3.8, 4) is 0 Å². The molecule has 1 N–H and O–H groups in total. The van der Waals surface area contributed by atoms with Crippen LogP contribution in [0.2, 0.25) is 0 Å². The highest BCUT2D eigenvalue weighted by atomic mass is 16.7. The van der Waals surface area contributed by atoms with Gasteiger partial charge >= 0.3 is 7.12 Å².